The summed E-state index contributed by atoms with van der Waals surface area (Å²) in [6.45, 7) is 3.13. The highest BCUT2D eigenvalue weighted by atomic mass is 19.1. The largest absolute Gasteiger partial charge is 0.478 e. The highest BCUT2D eigenvalue weighted by Crippen LogP contribution is 2.36. The van der Waals surface area contributed by atoms with E-state index in [9.17, 15) is 14.0 Å². The maximum Gasteiger partial charge on any atom is 0.328 e. The fourth-order valence-corrected chi connectivity index (χ4v) is 4.21. The topological polar surface area (TPSA) is 104 Å². The van der Waals surface area contributed by atoms with E-state index in [-0.39, 0.29) is 5.82 Å². The molecule has 33 heavy (non-hydrogen) atoms. The maximum absolute atomic E-state index is 13.3. The first kappa shape index (κ1) is 22.4. The van der Waals surface area contributed by atoms with Crippen molar-refractivity contribution < 1.29 is 28.7 Å². The molecule has 0 amide bonds. The molecule has 8 heteroatoms. The lowest BCUT2D eigenvalue weighted by Gasteiger charge is -2.33. The van der Waals surface area contributed by atoms with Crippen LogP contribution >= 0.6 is 0 Å². The SMILES string of the molecule is Fc1ccc2c(C3CCN(CC4=Cc5ccccc54)CC3)noc2c1.O=C(O)/C=C/C(=O)O. The number of rotatable bonds is 5. The van der Waals surface area contributed by atoms with Gasteiger partial charge in [-0.15, -0.1) is 0 Å². The molecule has 2 heterocycles. The molecule has 5 rings (SSSR count). The van der Waals surface area contributed by atoms with E-state index in [1.54, 1.807) is 6.07 Å². The van der Waals surface area contributed by atoms with Crippen LogP contribution in [-0.2, 0) is 9.59 Å². The van der Waals surface area contributed by atoms with Gasteiger partial charge in [0.05, 0.1) is 5.69 Å². The third-order valence-corrected chi connectivity index (χ3v) is 5.84. The van der Waals surface area contributed by atoms with Crippen LogP contribution in [0.2, 0.25) is 0 Å². The van der Waals surface area contributed by atoms with Crippen molar-refractivity contribution in [1.82, 2.24) is 10.1 Å². The fourth-order valence-electron chi connectivity index (χ4n) is 4.21. The molecule has 1 aromatic heterocycles. The average Bonchev–Trinajstić information content (AvgIpc) is 3.20. The van der Waals surface area contributed by atoms with Gasteiger partial charge in [0.1, 0.15) is 5.82 Å². The zero-order valence-corrected chi connectivity index (χ0v) is 17.8. The molecule has 1 aliphatic heterocycles. The van der Waals surface area contributed by atoms with Crippen LogP contribution in [0.15, 0.2) is 59.1 Å². The normalized spacial score (nSPS) is 16.0. The Balaban J connectivity index is 0.000000281. The van der Waals surface area contributed by atoms with Crippen LogP contribution in [0.3, 0.4) is 0 Å². The van der Waals surface area contributed by atoms with Crippen molar-refractivity contribution >= 4 is 34.6 Å². The number of likely N-dealkylation sites (tertiary alicyclic amines) is 1. The molecule has 0 radical (unpaired) electrons. The van der Waals surface area contributed by atoms with E-state index >= 15 is 0 Å². The number of benzene rings is 2. The average molecular weight is 450 g/mol. The summed E-state index contributed by atoms with van der Waals surface area (Å²) in [5.74, 6) is -2.40. The number of halogens is 1. The van der Waals surface area contributed by atoms with Gasteiger partial charge >= 0.3 is 11.9 Å². The number of hydrogen-bond donors (Lipinski definition) is 2. The van der Waals surface area contributed by atoms with Crippen LogP contribution in [0.4, 0.5) is 4.39 Å². The van der Waals surface area contributed by atoms with Gasteiger partial charge in [-0.05, 0) is 60.8 Å². The molecule has 3 aromatic rings. The third kappa shape index (κ3) is 5.35. The molecule has 0 bridgehead atoms. The minimum Gasteiger partial charge on any atom is -0.478 e. The van der Waals surface area contributed by atoms with Crippen molar-refractivity contribution in [2.24, 2.45) is 0 Å². The summed E-state index contributed by atoms with van der Waals surface area (Å²) in [7, 11) is 0. The van der Waals surface area contributed by atoms with Crippen LogP contribution in [0, 0.1) is 5.82 Å². The summed E-state index contributed by atoms with van der Waals surface area (Å²) >= 11 is 0. The first-order chi connectivity index (χ1) is 15.9. The lowest BCUT2D eigenvalue weighted by Crippen LogP contribution is -2.34. The summed E-state index contributed by atoms with van der Waals surface area (Å²) in [6.07, 6.45) is 5.54. The minimum atomic E-state index is -1.26. The van der Waals surface area contributed by atoms with Gasteiger partial charge in [0.25, 0.3) is 0 Å². The second-order valence-corrected chi connectivity index (χ2v) is 8.03. The fraction of sp³-hybridized carbons (Fsp3) is 0.240. The van der Waals surface area contributed by atoms with E-state index < -0.39 is 11.9 Å². The zero-order chi connectivity index (χ0) is 23.4. The molecule has 1 aliphatic carbocycles. The summed E-state index contributed by atoms with van der Waals surface area (Å²) in [5, 5.41) is 20.8. The zero-order valence-electron chi connectivity index (χ0n) is 17.8. The quantitative estimate of drug-likeness (QED) is 0.555. The molecule has 2 aliphatic rings. The standard InChI is InChI=1S/C21H19FN2O.C4H4O4/c22-17-5-6-19-20(12-17)25-23-21(19)14-7-9-24(10-8-14)13-16-11-15-3-1-2-4-18(15)16;5-3(6)1-2-4(7)8/h1-6,11-12,14H,7-10,13H2;1-2H,(H,5,6)(H,7,8)/b;2-1+. The third-order valence-electron chi connectivity index (χ3n) is 5.84. The minimum absolute atomic E-state index is 0.279. The predicted octanol–water partition coefficient (Wildman–Crippen LogP) is 4.41. The van der Waals surface area contributed by atoms with Crippen LogP contribution in [0.1, 0.15) is 35.6 Å². The van der Waals surface area contributed by atoms with Gasteiger partial charge in [-0.3, -0.25) is 4.90 Å². The highest BCUT2D eigenvalue weighted by molar-refractivity contribution is 5.96. The summed E-state index contributed by atoms with van der Waals surface area (Å²) in [4.78, 5) is 21.6. The Morgan fingerprint density at radius 2 is 1.79 bits per heavy atom. The number of carbonyl (C=O) groups is 2. The molecular weight excluding hydrogens is 427 g/mol. The van der Waals surface area contributed by atoms with Gasteiger partial charge < -0.3 is 14.7 Å². The van der Waals surface area contributed by atoms with Crippen LogP contribution < -0.4 is 0 Å². The van der Waals surface area contributed by atoms with E-state index in [2.05, 4.69) is 40.4 Å². The van der Waals surface area contributed by atoms with E-state index in [0.29, 0.717) is 23.7 Å². The summed E-state index contributed by atoms with van der Waals surface area (Å²) < 4.78 is 18.6. The Morgan fingerprint density at radius 1 is 1.09 bits per heavy atom. The number of nitrogens with zero attached hydrogens (tertiary/aromatic N) is 2. The molecule has 0 saturated carbocycles. The summed E-state index contributed by atoms with van der Waals surface area (Å²) in [6, 6.07) is 13.3. The lowest BCUT2D eigenvalue weighted by atomic mass is 9.87. The number of fused-ring (bicyclic) bond motifs is 2. The van der Waals surface area contributed by atoms with Gasteiger partial charge in [0.15, 0.2) is 5.58 Å². The van der Waals surface area contributed by atoms with Crippen molar-refractivity contribution in [1.29, 1.82) is 0 Å². The molecule has 0 spiro atoms. The van der Waals surface area contributed by atoms with Crippen molar-refractivity contribution in [2.45, 2.75) is 18.8 Å². The van der Waals surface area contributed by atoms with Crippen molar-refractivity contribution in [3.63, 3.8) is 0 Å². The predicted molar refractivity (Wildman–Crippen MR) is 121 cm³/mol. The van der Waals surface area contributed by atoms with E-state index in [1.165, 1.54) is 28.8 Å². The number of aromatic nitrogens is 1. The van der Waals surface area contributed by atoms with Gasteiger partial charge in [-0.1, -0.05) is 29.4 Å². The first-order valence-electron chi connectivity index (χ1n) is 10.6. The number of piperidine rings is 1. The monoisotopic (exact) mass is 450 g/mol. The number of carboxylic acid groups (broad SMARTS) is 2. The Morgan fingerprint density at radius 3 is 2.45 bits per heavy atom. The smallest absolute Gasteiger partial charge is 0.328 e. The molecule has 1 fully saturated rings. The lowest BCUT2D eigenvalue weighted by molar-refractivity contribution is -0.134. The molecule has 0 unspecified atom stereocenters. The second-order valence-electron chi connectivity index (χ2n) is 8.03. The van der Waals surface area contributed by atoms with E-state index in [0.717, 1.165) is 43.6 Å². The van der Waals surface area contributed by atoms with Crippen molar-refractivity contribution in [3.05, 3.63) is 77.3 Å². The van der Waals surface area contributed by atoms with Gasteiger partial charge in [-0.25, -0.2) is 14.0 Å². The molecule has 2 N–H and O–H groups in total. The van der Waals surface area contributed by atoms with E-state index in [1.807, 2.05) is 0 Å². The van der Waals surface area contributed by atoms with Crippen LogP contribution in [-0.4, -0.2) is 51.8 Å². The second kappa shape index (κ2) is 9.79. The number of carboxylic acids is 2. The van der Waals surface area contributed by atoms with Crippen LogP contribution in [0.25, 0.3) is 22.6 Å². The molecule has 170 valence electrons. The first-order valence-corrected chi connectivity index (χ1v) is 10.6. The molecular formula is C25H23FN2O5. The molecule has 7 nitrogen and oxygen atoms in total. The van der Waals surface area contributed by atoms with Crippen LogP contribution in [0.5, 0.6) is 0 Å². The molecule has 0 atom stereocenters. The molecule has 2 aromatic carbocycles. The van der Waals surface area contributed by atoms with Crippen molar-refractivity contribution in [3.8, 4) is 0 Å². The Kier molecular flexibility index (Phi) is 6.65. The van der Waals surface area contributed by atoms with Gasteiger partial charge in [0, 0.05) is 36.1 Å². The van der Waals surface area contributed by atoms with Gasteiger partial charge in [-0.2, -0.15) is 0 Å². The molecule has 1 saturated heterocycles. The van der Waals surface area contributed by atoms with Crippen molar-refractivity contribution in [2.75, 3.05) is 19.6 Å². The summed E-state index contributed by atoms with van der Waals surface area (Å²) in [5.41, 5.74) is 5.73. The Hall–Kier alpha value is -3.78. The maximum atomic E-state index is 13.3. The Bertz CT molecular complexity index is 1220. The number of hydrogen-bond acceptors (Lipinski definition) is 5. The highest BCUT2D eigenvalue weighted by Gasteiger charge is 2.26. The van der Waals surface area contributed by atoms with E-state index in [4.69, 9.17) is 14.7 Å². The Labute approximate surface area is 189 Å². The van der Waals surface area contributed by atoms with Gasteiger partial charge in [0.2, 0.25) is 0 Å². The number of aliphatic carboxylic acids is 2.